The van der Waals surface area contributed by atoms with E-state index in [0.29, 0.717) is 57.2 Å². The fourth-order valence-corrected chi connectivity index (χ4v) is 11.4. The molecule has 1 aliphatic heterocycles. The highest BCUT2D eigenvalue weighted by molar-refractivity contribution is 5.74. The van der Waals surface area contributed by atoms with Crippen LogP contribution in [0.5, 0.6) is 0 Å². The van der Waals surface area contributed by atoms with Gasteiger partial charge < -0.3 is 45.6 Å². The van der Waals surface area contributed by atoms with E-state index in [2.05, 4.69) is 65.0 Å². The Hall–Kier alpha value is -3.07. The molecular weight excluding hydrogens is 771 g/mol. The lowest BCUT2D eigenvalue weighted by Crippen LogP contribution is -2.65. The SMILES string of the molecule is C=C(C=CC=C(COCO)C1CCC2(C1O)C1C(=C(C)C=O)C(C=CC1CCO)CC2(O)CCNC)C1CC=C(C)C(O)NC(CCNC)(CCOC)Cc2cccc(c2)C1. The number of rotatable bonds is 19. The number of aliphatic hydroxyl groups is 5. The Morgan fingerprint density at radius 3 is 2.54 bits per heavy atom. The molecule has 2 saturated carbocycles. The maximum atomic E-state index is 12.9. The molecule has 3 aliphatic carbocycles. The van der Waals surface area contributed by atoms with Crippen LogP contribution in [-0.2, 0) is 27.1 Å². The van der Waals surface area contributed by atoms with Crippen LogP contribution < -0.4 is 16.0 Å². The second kappa shape index (κ2) is 22.5. The van der Waals surface area contributed by atoms with E-state index >= 15 is 0 Å². The van der Waals surface area contributed by atoms with Gasteiger partial charge in [-0.05, 0) is 151 Å². The summed E-state index contributed by atoms with van der Waals surface area (Å²) in [5, 5.41) is 67.3. The Labute approximate surface area is 364 Å². The molecule has 5 rings (SSSR count). The van der Waals surface area contributed by atoms with Gasteiger partial charge in [-0.1, -0.05) is 78.4 Å². The molecule has 1 aromatic rings. The molecule has 338 valence electrons. The first-order valence-electron chi connectivity index (χ1n) is 22.4. The Balaban J connectivity index is 1.47. The molecule has 0 aromatic heterocycles. The molecule has 0 amide bonds. The van der Waals surface area contributed by atoms with Crippen molar-refractivity contribution in [3.63, 3.8) is 0 Å². The topological polar surface area (TPSA) is 173 Å². The summed E-state index contributed by atoms with van der Waals surface area (Å²) < 4.78 is 11.2. The molecule has 4 bridgehead atoms. The number of carbonyl (C=O) groups excluding carboxylic acids is 1. The second-order valence-corrected chi connectivity index (χ2v) is 18.3. The van der Waals surface area contributed by atoms with Crippen molar-refractivity contribution in [2.45, 2.75) is 102 Å². The van der Waals surface area contributed by atoms with Gasteiger partial charge in [0, 0.05) is 43.1 Å². The third-order valence-electron chi connectivity index (χ3n) is 14.6. The molecule has 2 fully saturated rings. The highest BCUT2D eigenvalue weighted by atomic mass is 16.6. The van der Waals surface area contributed by atoms with Crippen molar-refractivity contribution in [3.8, 4) is 0 Å². The van der Waals surface area contributed by atoms with Crippen LogP contribution in [0.4, 0.5) is 0 Å². The Morgan fingerprint density at radius 2 is 1.84 bits per heavy atom. The molecule has 1 heterocycles. The maximum Gasteiger partial charge on any atom is 0.145 e. The molecule has 10 atom stereocenters. The number of aliphatic hydroxyl groups excluding tert-OH is 4. The van der Waals surface area contributed by atoms with Gasteiger partial charge >= 0.3 is 0 Å². The van der Waals surface area contributed by atoms with Crippen molar-refractivity contribution in [1.29, 1.82) is 0 Å². The summed E-state index contributed by atoms with van der Waals surface area (Å²) in [4.78, 5) is 12.4. The van der Waals surface area contributed by atoms with Crippen LogP contribution in [0.2, 0.25) is 0 Å². The first-order chi connectivity index (χ1) is 29.4. The predicted octanol–water partition coefficient (Wildman–Crippen LogP) is 4.85. The molecular formula is C50H75N3O8. The summed E-state index contributed by atoms with van der Waals surface area (Å²) in [6, 6.07) is 8.71. The molecule has 4 aliphatic rings. The van der Waals surface area contributed by atoms with Crippen molar-refractivity contribution < 1.29 is 39.8 Å². The van der Waals surface area contributed by atoms with E-state index in [-0.39, 0.29) is 42.4 Å². The minimum absolute atomic E-state index is 0.0351. The van der Waals surface area contributed by atoms with Crippen LogP contribution in [0.3, 0.4) is 0 Å². The van der Waals surface area contributed by atoms with Crippen LogP contribution in [0.1, 0.15) is 76.3 Å². The van der Waals surface area contributed by atoms with E-state index in [0.717, 1.165) is 60.8 Å². The number of hydrogen-bond acceptors (Lipinski definition) is 11. The van der Waals surface area contributed by atoms with Crippen LogP contribution in [0.25, 0.3) is 0 Å². The van der Waals surface area contributed by atoms with Gasteiger partial charge in [0.05, 0.1) is 18.3 Å². The fraction of sp³-hybridized carbons (Fsp3) is 0.620. The lowest BCUT2D eigenvalue weighted by molar-refractivity contribution is -0.194. The second-order valence-electron chi connectivity index (χ2n) is 18.3. The summed E-state index contributed by atoms with van der Waals surface area (Å²) in [5.41, 5.74) is 3.94. The summed E-state index contributed by atoms with van der Waals surface area (Å²) in [6.07, 6.45) is 17.4. The van der Waals surface area contributed by atoms with Gasteiger partial charge in [0.15, 0.2) is 0 Å². The Kier molecular flexibility index (Phi) is 18.1. The molecule has 61 heavy (non-hydrogen) atoms. The smallest absolute Gasteiger partial charge is 0.145 e. The van der Waals surface area contributed by atoms with Gasteiger partial charge in [-0.15, -0.1) is 0 Å². The zero-order chi connectivity index (χ0) is 44.2. The zero-order valence-electron chi connectivity index (χ0n) is 37.4. The molecule has 10 unspecified atom stereocenters. The number of aldehydes is 1. The van der Waals surface area contributed by atoms with Crippen LogP contribution >= 0.6 is 0 Å². The van der Waals surface area contributed by atoms with E-state index in [1.165, 1.54) is 11.1 Å². The number of fused-ring (bicyclic) bond motifs is 5. The first-order valence-corrected chi connectivity index (χ1v) is 22.4. The highest BCUT2D eigenvalue weighted by Crippen LogP contribution is 2.67. The van der Waals surface area contributed by atoms with Crippen molar-refractivity contribution >= 4 is 6.29 Å². The molecule has 8 N–H and O–H groups in total. The lowest BCUT2D eigenvalue weighted by atomic mass is 9.45. The van der Waals surface area contributed by atoms with E-state index < -0.39 is 36.1 Å². The Morgan fingerprint density at radius 1 is 1.08 bits per heavy atom. The van der Waals surface area contributed by atoms with E-state index in [1.54, 1.807) is 7.11 Å². The summed E-state index contributed by atoms with van der Waals surface area (Å²) in [7, 11) is 5.52. The van der Waals surface area contributed by atoms with Crippen LogP contribution in [0.15, 0.2) is 95.2 Å². The average Bonchev–Trinajstić information content (AvgIpc) is 3.60. The normalized spacial score (nSPS) is 34.0. The summed E-state index contributed by atoms with van der Waals surface area (Å²) in [5.74, 6) is -1.00. The van der Waals surface area contributed by atoms with Crippen molar-refractivity contribution in [2.24, 2.45) is 35.0 Å². The van der Waals surface area contributed by atoms with Gasteiger partial charge in [-0.3, -0.25) is 10.1 Å². The maximum absolute atomic E-state index is 12.9. The molecule has 0 saturated heterocycles. The Bertz CT molecular complexity index is 1780. The number of allylic oxidation sites excluding steroid dienone is 9. The highest BCUT2D eigenvalue weighted by Gasteiger charge is 2.68. The lowest BCUT2D eigenvalue weighted by Gasteiger charge is -2.61. The van der Waals surface area contributed by atoms with Gasteiger partial charge in [-0.2, -0.15) is 0 Å². The molecule has 0 radical (unpaired) electrons. The summed E-state index contributed by atoms with van der Waals surface area (Å²) in [6.45, 7) is 9.81. The van der Waals surface area contributed by atoms with Gasteiger partial charge in [0.2, 0.25) is 0 Å². The van der Waals surface area contributed by atoms with Gasteiger partial charge in [0.1, 0.15) is 19.3 Å². The minimum atomic E-state index is -1.25. The molecule has 1 aromatic carbocycles. The fourth-order valence-electron chi connectivity index (χ4n) is 11.4. The predicted molar refractivity (Wildman–Crippen MR) is 241 cm³/mol. The van der Waals surface area contributed by atoms with Crippen molar-refractivity contribution in [3.05, 3.63) is 106 Å². The molecule has 1 spiro atoms. The third kappa shape index (κ3) is 11.0. The van der Waals surface area contributed by atoms with Crippen molar-refractivity contribution in [1.82, 2.24) is 16.0 Å². The van der Waals surface area contributed by atoms with E-state index in [4.69, 9.17) is 9.47 Å². The first kappa shape index (κ1) is 49.0. The zero-order valence-corrected chi connectivity index (χ0v) is 37.4. The monoisotopic (exact) mass is 846 g/mol. The van der Waals surface area contributed by atoms with Crippen molar-refractivity contribution in [2.75, 3.05) is 60.9 Å². The van der Waals surface area contributed by atoms with E-state index in [9.17, 15) is 30.3 Å². The number of nitrogens with one attached hydrogen (secondary N) is 3. The number of carbonyl (C=O) groups is 1. The van der Waals surface area contributed by atoms with E-state index in [1.807, 2.05) is 46.2 Å². The number of benzene rings is 1. The number of hydrogen-bond donors (Lipinski definition) is 8. The average molecular weight is 846 g/mol. The van der Waals surface area contributed by atoms with Crippen LogP contribution in [-0.4, -0.2) is 116 Å². The minimum Gasteiger partial charge on any atom is -0.396 e. The van der Waals surface area contributed by atoms with Gasteiger partial charge in [0.25, 0.3) is 0 Å². The van der Waals surface area contributed by atoms with Crippen LogP contribution in [0, 0.1) is 35.0 Å². The summed E-state index contributed by atoms with van der Waals surface area (Å²) >= 11 is 0. The largest absolute Gasteiger partial charge is 0.396 e. The number of ether oxygens (including phenoxy) is 2. The third-order valence-corrected chi connectivity index (χ3v) is 14.6. The number of methoxy groups -OCH3 is 1. The molecule has 11 nitrogen and oxygen atoms in total. The standard InChI is InChI=1S/C50H75N3O8/c1-34(40-14-13-35(2)47(58)53-48(20-23-51-4,22-26-60-6)29-38-11-8-10-37(27-38)28-40)9-7-12-42(32-61-33-56)43-17-19-50(46(43)57)45-39(18-25-54)15-16-41(44(45)36(3)31-55)30-49(50,59)21-24-52-5/h7-13,15-16,27,31,39-41,43,45-47,51-54,56-59H,1,14,17-26,28-30,32-33H2,2-6H3. The van der Waals surface area contributed by atoms with Gasteiger partial charge in [-0.25, -0.2) is 0 Å². The molecule has 11 heteroatoms. The quantitative estimate of drug-likeness (QED) is 0.0315.